The van der Waals surface area contributed by atoms with Gasteiger partial charge >= 0.3 is 0 Å². The Bertz CT molecular complexity index is 499. The molecule has 0 radical (unpaired) electrons. The Labute approximate surface area is 94.1 Å². The van der Waals surface area contributed by atoms with Gasteiger partial charge in [0.25, 0.3) is 0 Å². The molecule has 1 aromatic carbocycles. The Morgan fingerprint density at radius 1 is 1.25 bits per heavy atom. The van der Waals surface area contributed by atoms with Crippen molar-refractivity contribution in [1.29, 1.82) is 0 Å². The molecule has 0 aliphatic carbocycles. The molecule has 1 aromatic heterocycles. The zero-order chi connectivity index (χ0) is 11.0. The monoisotopic (exact) mass is 214 g/mol. The highest BCUT2D eigenvalue weighted by molar-refractivity contribution is 5.59. The third-order valence-corrected chi connectivity index (χ3v) is 3.06. The van der Waals surface area contributed by atoms with Crippen LogP contribution in [0.15, 0.2) is 24.3 Å². The summed E-state index contributed by atoms with van der Waals surface area (Å²) < 4.78 is 0. The maximum Gasteiger partial charge on any atom is 0.181 e. The van der Waals surface area contributed by atoms with Gasteiger partial charge in [-0.3, -0.25) is 5.10 Å². The van der Waals surface area contributed by atoms with Gasteiger partial charge in [0.2, 0.25) is 0 Å². The van der Waals surface area contributed by atoms with Gasteiger partial charge in [-0.1, -0.05) is 24.3 Å². The molecule has 1 aliphatic rings. The summed E-state index contributed by atoms with van der Waals surface area (Å²) in [6.07, 6.45) is 0. The van der Waals surface area contributed by atoms with E-state index in [1.54, 1.807) is 0 Å². The van der Waals surface area contributed by atoms with E-state index in [0.29, 0.717) is 5.92 Å². The van der Waals surface area contributed by atoms with E-state index in [9.17, 15) is 0 Å². The van der Waals surface area contributed by atoms with E-state index in [4.69, 9.17) is 0 Å². The summed E-state index contributed by atoms with van der Waals surface area (Å²) >= 11 is 0. The van der Waals surface area contributed by atoms with Crippen molar-refractivity contribution in [2.75, 3.05) is 13.1 Å². The Hall–Kier alpha value is -1.68. The second kappa shape index (κ2) is 3.72. The Kier molecular flexibility index (Phi) is 2.22. The number of hydrogen-bond acceptors (Lipinski definition) is 3. The van der Waals surface area contributed by atoms with Gasteiger partial charge < -0.3 is 5.32 Å². The van der Waals surface area contributed by atoms with Crippen LogP contribution in [0, 0.1) is 6.92 Å². The molecule has 4 nitrogen and oxygen atoms in total. The van der Waals surface area contributed by atoms with Gasteiger partial charge in [0.05, 0.1) is 0 Å². The average molecular weight is 214 g/mol. The minimum Gasteiger partial charge on any atom is -0.315 e. The van der Waals surface area contributed by atoms with Crippen molar-refractivity contribution in [2.45, 2.75) is 12.8 Å². The summed E-state index contributed by atoms with van der Waals surface area (Å²) in [5, 5.41) is 10.6. The molecule has 0 unspecified atom stereocenters. The van der Waals surface area contributed by atoms with Crippen molar-refractivity contribution in [2.24, 2.45) is 0 Å². The Morgan fingerprint density at radius 2 is 2.06 bits per heavy atom. The zero-order valence-electron chi connectivity index (χ0n) is 9.20. The van der Waals surface area contributed by atoms with Gasteiger partial charge in [-0.2, -0.15) is 5.10 Å². The molecule has 4 heteroatoms. The Balaban J connectivity index is 1.95. The number of H-pyrrole nitrogens is 1. The second-order valence-electron chi connectivity index (χ2n) is 4.21. The van der Waals surface area contributed by atoms with Gasteiger partial charge in [0.1, 0.15) is 5.82 Å². The van der Waals surface area contributed by atoms with E-state index < -0.39 is 0 Å². The van der Waals surface area contributed by atoms with E-state index in [2.05, 4.69) is 39.6 Å². The number of aryl methyl sites for hydroxylation is 1. The molecule has 0 amide bonds. The maximum absolute atomic E-state index is 4.56. The predicted octanol–water partition coefficient (Wildman–Crippen LogP) is 1.47. The van der Waals surface area contributed by atoms with Gasteiger partial charge in [-0.15, -0.1) is 0 Å². The van der Waals surface area contributed by atoms with Crippen molar-refractivity contribution in [3.8, 4) is 11.4 Å². The van der Waals surface area contributed by atoms with Crippen LogP contribution < -0.4 is 5.32 Å². The van der Waals surface area contributed by atoms with Crippen molar-refractivity contribution in [3.63, 3.8) is 0 Å². The minimum atomic E-state index is 0.505. The van der Waals surface area contributed by atoms with E-state index >= 15 is 0 Å². The molecule has 3 rings (SSSR count). The maximum atomic E-state index is 4.56. The summed E-state index contributed by atoms with van der Waals surface area (Å²) in [5.74, 6) is 2.31. The van der Waals surface area contributed by atoms with Gasteiger partial charge in [-0.25, -0.2) is 4.98 Å². The fourth-order valence-electron chi connectivity index (χ4n) is 1.88. The summed E-state index contributed by atoms with van der Waals surface area (Å²) in [4.78, 5) is 4.56. The molecule has 2 N–H and O–H groups in total. The lowest BCUT2D eigenvalue weighted by molar-refractivity contribution is 0.431. The van der Waals surface area contributed by atoms with E-state index in [1.165, 1.54) is 5.56 Å². The number of nitrogens with one attached hydrogen (secondary N) is 2. The first kappa shape index (κ1) is 9.54. The largest absolute Gasteiger partial charge is 0.315 e. The van der Waals surface area contributed by atoms with Crippen LogP contribution in [-0.2, 0) is 0 Å². The van der Waals surface area contributed by atoms with E-state index in [-0.39, 0.29) is 0 Å². The third kappa shape index (κ3) is 1.51. The molecule has 0 bridgehead atoms. The van der Waals surface area contributed by atoms with Gasteiger partial charge in [0.15, 0.2) is 5.82 Å². The summed E-state index contributed by atoms with van der Waals surface area (Å²) in [7, 11) is 0. The molecule has 0 spiro atoms. The normalized spacial score (nSPS) is 16.1. The molecular weight excluding hydrogens is 200 g/mol. The van der Waals surface area contributed by atoms with Gasteiger partial charge in [-0.05, 0) is 12.5 Å². The molecule has 2 heterocycles. The van der Waals surface area contributed by atoms with Crippen LogP contribution in [0.4, 0.5) is 0 Å². The predicted molar refractivity (Wildman–Crippen MR) is 62.2 cm³/mol. The summed E-state index contributed by atoms with van der Waals surface area (Å²) in [5.41, 5.74) is 2.32. The van der Waals surface area contributed by atoms with Crippen LogP contribution in [0.3, 0.4) is 0 Å². The lowest BCUT2D eigenvalue weighted by Crippen LogP contribution is -2.40. The van der Waals surface area contributed by atoms with Crippen molar-refractivity contribution in [3.05, 3.63) is 35.7 Å². The van der Waals surface area contributed by atoms with Crippen LogP contribution >= 0.6 is 0 Å². The first-order valence-corrected chi connectivity index (χ1v) is 5.53. The summed E-state index contributed by atoms with van der Waals surface area (Å²) in [6, 6.07) is 8.18. The lowest BCUT2D eigenvalue weighted by atomic mass is 10.0. The van der Waals surface area contributed by atoms with Gasteiger partial charge in [0, 0.05) is 24.6 Å². The van der Waals surface area contributed by atoms with E-state index in [1.807, 2.05) is 12.1 Å². The summed E-state index contributed by atoms with van der Waals surface area (Å²) in [6.45, 7) is 4.08. The first-order chi connectivity index (χ1) is 7.84. The number of aromatic amines is 1. The minimum absolute atomic E-state index is 0.505. The standard InChI is InChI=1S/C12H14N4/c1-8-4-2-3-5-10(8)12-14-11(15-16-12)9-6-13-7-9/h2-5,9,13H,6-7H2,1H3,(H,14,15,16). The fourth-order valence-corrected chi connectivity index (χ4v) is 1.88. The van der Waals surface area contributed by atoms with Crippen LogP contribution in [0.1, 0.15) is 17.3 Å². The number of hydrogen-bond donors (Lipinski definition) is 2. The SMILES string of the molecule is Cc1ccccc1-c1n[nH]c(C2CNC2)n1. The molecular formula is C12H14N4. The highest BCUT2D eigenvalue weighted by Crippen LogP contribution is 2.22. The van der Waals surface area contributed by atoms with Crippen LogP contribution in [0.2, 0.25) is 0 Å². The van der Waals surface area contributed by atoms with E-state index in [0.717, 1.165) is 30.3 Å². The number of nitrogens with zero attached hydrogens (tertiary/aromatic N) is 2. The number of aromatic nitrogens is 3. The van der Waals surface area contributed by atoms with Crippen LogP contribution in [0.25, 0.3) is 11.4 Å². The van der Waals surface area contributed by atoms with Crippen LogP contribution in [-0.4, -0.2) is 28.3 Å². The fraction of sp³-hybridized carbons (Fsp3) is 0.333. The number of benzene rings is 1. The molecule has 2 aromatic rings. The molecule has 0 saturated carbocycles. The Morgan fingerprint density at radius 3 is 2.75 bits per heavy atom. The average Bonchev–Trinajstić information content (AvgIpc) is 2.65. The number of rotatable bonds is 2. The van der Waals surface area contributed by atoms with Crippen LogP contribution in [0.5, 0.6) is 0 Å². The molecule has 1 aliphatic heterocycles. The zero-order valence-corrected chi connectivity index (χ0v) is 9.20. The smallest absolute Gasteiger partial charge is 0.181 e. The van der Waals surface area contributed by atoms with Crippen molar-refractivity contribution in [1.82, 2.24) is 20.5 Å². The quantitative estimate of drug-likeness (QED) is 0.796. The molecule has 1 saturated heterocycles. The topological polar surface area (TPSA) is 53.6 Å². The molecule has 16 heavy (non-hydrogen) atoms. The lowest BCUT2D eigenvalue weighted by Gasteiger charge is -2.24. The first-order valence-electron chi connectivity index (χ1n) is 5.53. The molecule has 1 fully saturated rings. The van der Waals surface area contributed by atoms with Crippen molar-refractivity contribution < 1.29 is 0 Å². The highest BCUT2D eigenvalue weighted by Gasteiger charge is 2.22. The van der Waals surface area contributed by atoms with Crippen molar-refractivity contribution >= 4 is 0 Å². The third-order valence-electron chi connectivity index (χ3n) is 3.06. The second-order valence-corrected chi connectivity index (χ2v) is 4.21. The molecule has 0 atom stereocenters. The highest BCUT2D eigenvalue weighted by atomic mass is 15.2. The molecule has 82 valence electrons.